The maximum Gasteiger partial charge on any atom is 0.141 e. The molecule has 1 saturated carbocycles. The smallest absolute Gasteiger partial charge is 0.141 e. The molecule has 29 heavy (non-hydrogen) atoms. The summed E-state index contributed by atoms with van der Waals surface area (Å²) in [6.07, 6.45) is 6.39. The van der Waals surface area contributed by atoms with Crippen LogP contribution in [0.15, 0.2) is 91.0 Å². The maximum atomic E-state index is 5.27. The van der Waals surface area contributed by atoms with Gasteiger partial charge in [-0.05, 0) is 12.8 Å². The molecule has 1 aliphatic rings. The molecule has 1 aliphatic carbocycles. The van der Waals surface area contributed by atoms with Gasteiger partial charge in [0, 0.05) is 22.7 Å². The van der Waals surface area contributed by atoms with Crippen molar-refractivity contribution in [2.45, 2.75) is 38.1 Å². The summed E-state index contributed by atoms with van der Waals surface area (Å²) in [7, 11) is 0. The van der Waals surface area contributed by atoms with Gasteiger partial charge >= 0.3 is 0 Å². The summed E-state index contributed by atoms with van der Waals surface area (Å²) in [5.41, 5.74) is 5.95. The highest BCUT2D eigenvalue weighted by atomic mass is 15.1. The number of benzene rings is 3. The van der Waals surface area contributed by atoms with E-state index >= 15 is 0 Å². The topological polar surface area (TPSA) is 17.8 Å². The van der Waals surface area contributed by atoms with E-state index in [0.717, 1.165) is 11.5 Å². The Morgan fingerprint density at radius 3 is 1.69 bits per heavy atom. The fourth-order valence-electron chi connectivity index (χ4n) is 4.59. The lowest BCUT2D eigenvalue weighted by Gasteiger charge is -2.27. The summed E-state index contributed by atoms with van der Waals surface area (Å²) in [6.45, 7) is 0. The molecule has 1 fully saturated rings. The summed E-state index contributed by atoms with van der Waals surface area (Å²) in [5, 5.41) is 0. The Bertz CT molecular complexity index is 1060. The first-order chi connectivity index (χ1) is 14.4. The van der Waals surface area contributed by atoms with Gasteiger partial charge in [0.25, 0.3) is 0 Å². The molecule has 0 radical (unpaired) electrons. The number of imidazole rings is 1. The molecule has 1 heterocycles. The molecule has 0 saturated heterocycles. The number of hydrogen-bond acceptors (Lipinski definition) is 1. The van der Waals surface area contributed by atoms with Crippen LogP contribution in [0.3, 0.4) is 0 Å². The van der Waals surface area contributed by atoms with Crippen molar-refractivity contribution in [2.75, 3.05) is 0 Å². The summed E-state index contributed by atoms with van der Waals surface area (Å²) in [4.78, 5) is 5.27. The van der Waals surface area contributed by atoms with Crippen LogP contribution in [0.1, 0.15) is 38.1 Å². The zero-order valence-electron chi connectivity index (χ0n) is 16.7. The Balaban J connectivity index is 1.80. The van der Waals surface area contributed by atoms with Gasteiger partial charge in [0.1, 0.15) is 5.82 Å². The van der Waals surface area contributed by atoms with Crippen molar-refractivity contribution in [2.24, 2.45) is 0 Å². The largest absolute Gasteiger partial charge is 0.320 e. The molecular weight excluding hydrogens is 352 g/mol. The van der Waals surface area contributed by atoms with Gasteiger partial charge in [-0.3, -0.25) is 0 Å². The molecule has 5 rings (SSSR count). The molecule has 2 nitrogen and oxygen atoms in total. The number of aromatic nitrogens is 2. The van der Waals surface area contributed by atoms with Gasteiger partial charge in [-0.25, -0.2) is 4.98 Å². The average Bonchev–Trinajstić information content (AvgIpc) is 3.22. The van der Waals surface area contributed by atoms with Gasteiger partial charge in [-0.1, -0.05) is 110 Å². The molecule has 3 aromatic carbocycles. The Morgan fingerprint density at radius 2 is 1.10 bits per heavy atom. The fourth-order valence-corrected chi connectivity index (χ4v) is 4.59. The standard InChI is InChI=1S/C27H26N2/c1-5-13-21(14-6-1)25-26(22-15-7-2-8-16-22)29(24-19-11-4-12-20-24)27(28-25)23-17-9-3-10-18-23/h1-3,5-10,13-18,24H,4,11-12,19-20H2. The predicted octanol–water partition coefficient (Wildman–Crippen LogP) is 7.39. The van der Waals surface area contributed by atoms with Crippen molar-refractivity contribution in [1.82, 2.24) is 9.55 Å². The molecule has 0 bridgehead atoms. The number of rotatable bonds is 4. The van der Waals surface area contributed by atoms with E-state index in [0.29, 0.717) is 6.04 Å². The van der Waals surface area contributed by atoms with Gasteiger partial charge in [0.2, 0.25) is 0 Å². The average molecular weight is 379 g/mol. The number of hydrogen-bond donors (Lipinski definition) is 0. The minimum absolute atomic E-state index is 0.499. The SMILES string of the molecule is c1ccc(-c2nc(-c3ccccc3)n(C3CCCCC3)c2-c2ccccc2)cc1. The van der Waals surface area contributed by atoms with Crippen LogP contribution in [0.25, 0.3) is 33.9 Å². The van der Waals surface area contributed by atoms with Crippen molar-refractivity contribution in [3.8, 4) is 33.9 Å². The summed E-state index contributed by atoms with van der Waals surface area (Å²) in [5.74, 6) is 1.09. The van der Waals surface area contributed by atoms with Crippen LogP contribution in [-0.4, -0.2) is 9.55 Å². The molecule has 0 N–H and O–H groups in total. The molecule has 0 atom stereocenters. The molecule has 2 heteroatoms. The first-order valence-electron chi connectivity index (χ1n) is 10.7. The van der Waals surface area contributed by atoms with Gasteiger partial charge in [-0.15, -0.1) is 0 Å². The second-order valence-corrected chi connectivity index (χ2v) is 7.89. The van der Waals surface area contributed by atoms with E-state index < -0.39 is 0 Å². The second kappa shape index (κ2) is 8.08. The number of nitrogens with zero attached hydrogens (tertiary/aromatic N) is 2. The van der Waals surface area contributed by atoms with Crippen LogP contribution < -0.4 is 0 Å². The van der Waals surface area contributed by atoms with Crippen molar-refractivity contribution in [3.63, 3.8) is 0 Å². The molecular formula is C27H26N2. The van der Waals surface area contributed by atoms with Gasteiger partial charge in [0.15, 0.2) is 0 Å². The highest BCUT2D eigenvalue weighted by molar-refractivity contribution is 5.82. The predicted molar refractivity (Wildman–Crippen MR) is 121 cm³/mol. The van der Waals surface area contributed by atoms with Crippen LogP contribution in [0.4, 0.5) is 0 Å². The lowest BCUT2D eigenvalue weighted by atomic mass is 9.94. The van der Waals surface area contributed by atoms with E-state index in [4.69, 9.17) is 4.98 Å². The van der Waals surface area contributed by atoms with Crippen LogP contribution in [0.2, 0.25) is 0 Å². The molecule has 0 spiro atoms. The zero-order chi connectivity index (χ0) is 19.5. The van der Waals surface area contributed by atoms with Crippen molar-refractivity contribution in [1.29, 1.82) is 0 Å². The molecule has 0 aliphatic heterocycles. The third-order valence-corrected chi connectivity index (χ3v) is 5.98. The Labute approximate surface area is 172 Å². The van der Waals surface area contributed by atoms with E-state index in [-0.39, 0.29) is 0 Å². The summed E-state index contributed by atoms with van der Waals surface area (Å²) >= 11 is 0. The highest BCUT2D eigenvalue weighted by Crippen LogP contribution is 2.41. The monoisotopic (exact) mass is 378 g/mol. The minimum atomic E-state index is 0.499. The third-order valence-electron chi connectivity index (χ3n) is 5.98. The van der Waals surface area contributed by atoms with E-state index in [1.807, 2.05) is 0 Å². The van der Waals surface area contributed by atoms with Crippen molar-refractivity contribution >= 4 is 0 Å². The first-order valence-corrected chi connectivity index (χ1v) is 10.7. The lowest BCUT2D eigenvalue weighted by molar-refractivity contribution is 0.358. The Morgan fingerprint density at radius 1 is 0.586 bits per heavy atom. The van der Waals surface area contributed by atoms with Gasteiger partial charge in [-0.2, -0.15) is 0 Å². The molecule has 4 aromatic rings. The summed E-state index contributed by atoms with van der Waals surface area (Å²) in [6, 6.07) is 32.6. The third kappa shape index (κ3) is 3.51. The Hall–Kier alpha value is -3.13. The van der Waals surface area contributed by atoms with E-state index in [9.17, 15) is 0 Å². The Kier molecular flexibility index (Phi) is 5.00. The highest BCUT2D eigenvalue weighted by Gasteiger charge is 2.26. The fraction of sp³-hybridized carbons (Fsp3) is 0.222. The van der Waals surface area contributed by atoms with E-state index in [2.05, 4.69) is 95.6 Å². The van der Waals surface area contributed by atoms with Crippen LogP contribution >= 0.6 is 0 Å². The van der Waals surface area contributed by atoms with Crippen molar-refractivity contribution in [3.05, 3.63) is 91.0 Å². The molecule has 0 amide bonds. The van der Waals surface area contributed by atoms with Gasteiger partial charge < -0.3 is 4.57 Å². The molecule has 0 unspecified atom stereocenters. The van der Waals surface area contributed by atoms with Crippen LogP contribution in [-0.2, 0) is 0 Å². The normalized spacial score (nSPS) is 14.8. The quantitative estimate of drug-likeness (QED) is 0.362. The first kappa shape index (κ1) is 17.9. The molecule has 144 valence electrons. The van der Waals surface area contributed by atoms with Crippen LogP contribution in [0.5, 0.6) is 0 Å². The summed E-state index contributed by atoms with van der Waals surface area (Å²) < 4.78 is 2.55. The van der Waals surface area contributed by atoms with E-state index in [1.54, 1.807) is 0 Å². The molecule has 1 aromatic heterocycles. The maximum absolute atomic E-state index is 5.27. The van der Waals surface area contributed by atoms with E-state index in [1.165, 1.54) is 54.5 Å². The minimum Gasteiger partial charge on any atom is -0.320 e. The van der Waals surface area contributed by atoms with Crippen molar-refractivity contribution < 1.29 is 0 Å². The lowest BCUT2D eigenvalue weighted by Crippen LogP contribution is -2.15. The second-order valence-electron chi connectivity index (χ2n) is 7.89. The van der Waals surface area contributed by atoms with Gasteiger partial charge in [0.05, 0.1) is 11.4 Å². The zero-order valence-corrected chi connectivity index (χ0v) is 16.7. The van der Waals surface area contributed by atoms with Crippen LogP contribution in [0, 0.1) is 0 Å².